The van der Waals surface area contributed by atoms with E-state index in [0.29, 0.717) is 17.9 Å². The number of nitriles is 1. The topological polar surface area (TPSA) is 111 Å². The maximum absolute atomic E-state index is 12.7. The average Bonchev–Trinajstić information content (AvgIpc) is 3.35. The van der Waals surface area contributed by atoms with Gasteiger partial charge in [-0.25, -0.2) is 14.3 Å². The Labute approximate surface area is 234 Å². The fourth-order valence-electron chi connectivity index (χ4n) is 5.84. The minimum atomic E-state index is -0.254. The Bertz CT molecular complexity index is 1410. The molecule has 0 spiro atoms. The Hall–Kier alpha value is -3.88. The largest absolute Gasteiger partial charge is 0.491 e. The van der Waals surface area contributed by atoms with Gasteiger partial charge < -0.3 is 24.6 Å². The number of nitrogens with zero attached hydrogens (tertiary/aromatic N) is 7. The average molecular weight is 545 g/mol. The Morgan fingerprint density at radius 2 is 1.98 bits per heavy atom. The van der Waals surface area contributed by atoms with Gasteiger partial charge in [0.2, 0.25) is 0 Å². The SMILES string of the molecule is CC(C)(C)NC(=O)N1C2CC1CN(c1ccc(-c3cc(OCCN4CCOCC4)cn4ncc(C#N)c34)cn1)C2. The minimum absolute atomic E-state index is 0.0156. The highest BCUT2D eigenvalue weighted by atomic mass is 16.5. The van der Waals surface area contributed by atoms with Crippen LogP contribution in [0.3, 0.4) is 0 Å². The van der Waals surface area contributed by atoms with Crippen molar-refractivity contribution in [2.45, 2.75) is 44.8 Å². The molecule has 0 radical (unpaired) electrons. The van der Waals surface area contributed by atoms with E-state index in [-0.39, 0.29) is 23.7 Å². The quantitative estimate of drug-likeness (QED) is 0.504. The number of piperazine rings is 1. The highest BCUT2D eigenvalue weighted by Gasteiger charge is 2.48. The van der Waals surface area contributed by atoms with E-state index in [1.165, 1.54) is 0 Å². The summed E-state index contributed by atoms with van der Waals surface area (Å²) in [7, 11) is 0. The normalized spacial score (nSPS) is 21.1. The first-order valence-corrected chi connectivity index (χ1v) is 14.0. The zero-order valence-corrected chi connectivity index (χ0v) is 23.3. The van der Waals surface area contributed by atoms with Gasteiger partial charge >= 0.3 is 6.03 Å². The van der Waals surface area contributed by atoms with Crippen molar-refractivity contribution < 1.29 is 14.3 Å². The molecule has 11 heteroatoms. The molecule has 4 aliphatic rings. The van der Waals surface area contributed by atoms with Gasteiger partial charge in [-0.05, 0) is 45.4 Å². The zero-order valence-electron chi connectivity index (χ0n) is 23.3. The molecule has 2 bridgehead atoms. The number of fused-ring (bicyclic) bond motifs is 3. The molecular formula is C29H36N8O3. The maximum atomic E-state index is 12.7. The summed E-state index contributed by atoms with van der Waals surface area (Å²) in [5.41, 5.74) is 2.72. The second-order valence-corrected chi connectivity index (χ2v) is 11.8. The molecule has 0 aromatic carbocycles. The predicted molar refractivity (Wildman–Crippen MR) is 150 cm³/mol. The lowest BCUT2D eigenvalue weighted by molar-refractivity contribution is 0.0322. The van der Waals surface area contributed by atoms with Gasteiger partial charge in [-0.3, -0.25) is 4.90 Å². The Kier molecular flexibility index (Phi) is 6.98. The van der Waals surface area contributed by atoms with Crippen LogP contribution in [0.25, 0.3) is 16.6 Å². The third-order valence-corrected chi connectivity index (χ3v) is 7.78. The number of urea groups is 1. The van der Waals surface area contributed by atoms with Gasteiger partial charge in [-0.1, -0.05) is 0 Å². The summed E-state index contributed by atoms with van der Waals surface area (Å²) in [5.74, 6) is 1.58. The number of anilines is 1. The van der Waals surface area contributed by atoms with Crippen molar-refractivity contribution in [3.63, 3.8) is 0 Å². The Morgan fingerprint density at radius 3 is 2.65 bits per heavy atom. The standard InChI is InChI=1S/C29H36N8O3/c1-29(2,3)33-28(38)37-22-12-23(37)18-35(17-22)26-5-4-20(15-31-26)25-13-24(19-36-27(25)21(14-30)16-32-36)40-11-8-34-6-9-39-10-7-34/h4-5,13,15-16,19,22-23H,6-12,17-18H2,1-3H3,(H,33,38). The van der Waals surface area contributed by atoms with Crippen LogP contribution in [-0.4, -0.2) is 101 Å². The molecule has 4 fully saturated rings. The summed E-state index contributed by atoms with van der Waals surface area (Å²) < 4.78 is 13.3. The number of pyridine rings is 2. The lowest BCUT2D eigenvalue weighted by atomic mass is 9.87. The molecule has 0 aliphatic carbocycles. The van der Waals surface area contributed by atoms with Gasteiger partial charge in [-0.15, -0.1) is 0 Å². The van der Waals surface area contributed by atoms with E-state index < -0.39 is 0 Å². The number of amides is 2. The number of carbonyl (C=O) groups excluding carboxylic acids is 1. The molecule has 210 valence electrons. The number of hydrogen-bond donors (Lipinski definition) is 1. The summed E-state index contributed by atoms with van der Waals surface area (Å²) >= 11 is 0. The van der Waals surface area contributed by atoms with Crippen molar-refractivity contribution in [3.05, 3.63) is 42.4 Å². The van der Waals surface area contributed by atoms with Crippen LogP contribution in [0.4, 0.5) is 10.6 Å². The molecule has 4 aliphatic heterocycles. The minimum Gasteiger partial charge on any atom is -0.491 e. The van der Waals surface area contributed by atoms with E-state index >= 15 is 0 Å². The molecular weight excluding hydrogens is 508 g/mol. The molecule has 2 atom stereocenters. The summed E-state index contributed by atoms with van der Waals surface area (Å²) in [5, 5.41) is 17.2. The fraction of sp³-hybridized carbons (Fsp3) is 0.517. The number of ether oxygens (including phenoxy) is 2. The van der Waals surface area contributed by atoms with Crippen LogP contribution in [0.5, 0.6) is 5.75 Å². The third-order valence-electron chi connectivity index (χ3n) is 7.78. The van der Waals surface area contributed by atoms with E-state index in [2.05, 4.69) is 26.3 Å². The molecule has 3 aromatic heterocycles. The Balaban J connectivity index is 1.17. The summed E-state index contributed by atoms with van der Waals surface area (Å²) in [6.07, 6.45) is 6.28. The van der Waals surface area contributed by atoms with E-state index in [1.54, 1.807) is 10.7 Å². The molecule has 3 aromatic rings. The van der Waals surface area contributed by atoms with Crippen molar-refractivity contribution in [1.29, 1.82) is 5.26 Å². The van der Waals surface area contributed by atoms with Gasteiger partial charge in [0.1, 0.15) is 24.2 Å². The zero-order chi connectivity index (χ0) is 27.9. The third kappa shape index (κ3) is 5.29. The number of piperidine rings is 1. The van der Waals surface area contributed by atoms with E-state index in [1.807, 2.05) is 56.3 Å². The van der Waals surface area contributed by atoms with Crippen LogP contribution in [0.2, 0.25) is 0 Å². The van der Waals surface area contributed by atoms with Gasteiger partial charge in [-0.2, -0.15) is 10.4 Å². The van der Waals surface area contributed by atoms with Crippen molar-refractivity contribution in [1.82, 2.24) is 29.7 Å². The molecule has 40 heavy (non-hydrogen) atoms. The van der Waals surface area contributed by atoms with Crippen molar-refractivity contribution in [3.8, 4) is 22.9 Å². The second-order valence-electron chi connectivity index (χ2n) is 11.8. The highest BCUT2D eigenvalue weighted by Crippen LogP contribution is 2.36. The van der Waals surface area contributed by atoms with Gasteiger partial charge in [0, 0.05) is 55.6 Å². The van der Waals surface area contributed by atoms with E-state index in [9.17, 15) is 10.1 Å². The number of morpholine rings is 1. The van der Waals surface area contributed by atoms with Gasteiger partial charge in [0.15, 0.2) is 0 Å². The van der Waals surface area contributed by atoms with Gasteiger partial charge in [0.25, 0.3) is 0 Å². The maximum Gasteiger partial charge on any atom is 0.318 e. The van der Waals surface area contributed by atoms with Crippen LogP contribution in [0.1, 0.15) is 32.8 Å². The first-order chi connectivity index (χ1) is 19.3. The summed E-state index contributed by atoms with van der Waals surface area (Å²) in [6, 6.07) is 8.68. The van der Waals surface area contributed by atoms with Crippen LogP contribution < -0.4 is 15.0 Å². The van der Waals surface area contributed by atoms with Crippen molar-refractivity contribution in [2.75, 3.05) is 57.4 Å². The van der Waals surface area contributed by atoms with Crippen LogP contribution in [-0.2, 0) is 4.74 Å². The fourth-order valence-corrected chi connectivity index (χ4v) is 5.84. The lowest BCUT2D eigenvalue weighted by Crippen LogP contribution is -2.72. The highest BCUT2D eigenvalue weighted by molar-refractivity contribution is 5.85. The second kappa shape index (κ2) is 10.6. The number of aromatic nitrogens is 3. The predicted octanol–water partition coefficient (Wildman–Crippen LogP) is 2.75. The summed E-state index contributed by atoms with van der Waals surface area (Å²) in [4.78, 5) is 24.1. The smallest absolute Gasteiger partial charge is 0.318 e. The number of nitrogens with one attached hydrogen (secondary N) is 1. The van der Waals surface area contributed by atoms with E-state index in [0.717, 1.165) is 74.8 Å². The summed E-state index contributed by atoms with van der Waals surface area (Å²) in [6.45, 7) is 12.2. The molecule has 11 nitrogen and oxygen atoms in total. The lowest BCUT2D eigenvalue weighted by Gasteiger charge is -2.56. The molecule has 2 unspecified atom stereocenters. The van der Waals surface area contributed by atoms with Crippen LogP contribution >= 0.6 is 0 Å². The first kappa shape index (κ1) is 26.3. The monoisotopic (exact) mass is 544 g/mol. The van der Waals surface area contributed by atoms with Crippen LogP contribution in [0.15, 0.2) is 36.8 Å². The van der Waals surface area contributed by atoms with E-state index in [4.69, 9.17) is 14.5 Å². The molecule has 7 rings (SSSR count). The Morgan fingerprint density at radius 1 is 1.20 bits per heavy atom. The molecule has 0 saturated carbocycles. The molecule has 2 amide bonds. The van der Waals surface area contributed by atoms with Gasteiger partial charge in [0.05, 0.1) is 48.8 Å². The molecule has 1 N–H and O–H groups in total. The van der Waals surface area contributed by atoms with Crippen molar-refractivity contribution >= 4 is 17.4 Å². The molecule has 7 heterocycles. The van der Waals surface area contributed by atoms with Crippen LogP contribution in [0, 0.1) is 11.3 Å². The first-order valence-electron chi connectivity index (χ1n) is 14.0. The molecule has 4 saturated heterocycles. The number of hydrogen-bond acceptors (Lipinski definition) is 8. The number of carbonyl (C=O) groups is 1. The number of rotatable bonds is 6. The van der Waals surface area contributed by atoms with Crippen molar-refractivity contribution in [2.24, 2.45) is 0 Å².